The summed E-state index contributed by atoms with van der Waals surface area (Å²) in [5.74, 6) is -0.979. The van der Waals surface area contributed by atoms with E-state index in [0.717, 1.165) is 11.1 Å². The fourth-order valence-corrected chi connectivity index (χ4v) is 2.64. The van der Waals surface area contributed by atoms with E-state index in [9.17, 15) is 23.1 Å². The Morgan fingerprint density at radius 3 is 2.16 bits per heavy atom. The number of carbonyl (C=O) groups is 1. The van der Waals surface area contributed by atoms with E-state index < -0.39 is 17.8 Å². The highest BCUT2D eigenvalue weighted by atomic mass is 19.4. The van der Waals surface area contributed by atoms with Crippen LogP contribution in [0.15, 0.2) is 66.4 Å². The molecular formula is C18H15F3N2O2. The van der Waals surface area contributed by atoms with Crippen LogP contribution in [0.25, 0.3) is 11.1 Å². The van der Waals surface area contributed by atoms with Gasteiger partial charge in [0.1, 0.15) is 0 Å². The summed E-state index contributed by atoms with van der Waals surface area (Å²) in [5.41, 5.74) is 0.697. The fraction of sp³-hybridized carbons (Fsp3) is 0.167. The Kier molecular flexibility index (Phi) is 4.04. The summed E-state index contributed by atoms with van der Waals surface area (Å²) in [6, 6.07) is 15.5. The van der Waals surface area contributed by atoms with Crippen molar-refractivity contribution in [1.82, 2.24) is 10.4 Å². The summed E-state index contributed by atoms with van der Waals surface area (Å²) in [6.07, 6.45) is -4.46. The minimum Gasteiger partial charge on any atom is -0.359 e. The molecule has 1 heterocycles. The topological polar surface area (TPSA) is 52.6 Å². The number of carbonyl (C=O) groups excluding carboxylic acids is 1. The molecule has 2 aromatic carbocycles. The Morgan fingerprint density at radius 1 is 1.04 bits per heavy atom. The number of hydrogen-bond acceptors (Lipinski definition) is 3. The molecule has 0 aromatic heterocycles. The fourth-order valence-electron chi connectivity index (χ4n) is 2.64. The Hall–Kier alpha value is -2.80. The first-order valence-electron chi connectivity index (χ1n) is 7.47. The maximum atomic E-state index is 13.2. The van der Waals surface area contributed by atoms with Gasteiger partial charge in [0.05, 0.1) is 0 Å². The van der Waals surface area contributed by atoms with E-state index in [1.807, 2.05) is 30.3 Å². The molecule has 1 atom stereocenters. The van der Waals surface area contributed by atoms with E-state index in [-0.39, 0.29) is 16.3 Å². The lowest BCUT2D eigenvalue weighted by molar-refractivity contribution is -0.283. The number of hydrogen-bond donors (Lipinski definition) is 2. The molecule has 0 aliphatic carbocycles. The molecule has 1 amide bonds. The van der Waals surface area contributed by atoms with Crippen molar-refractivity contribution in [3.05, 3.63) is 71.9 Å². The maximum absolute atomic E-state index is 13.2. The molecule has 7 heteroatoms. The van der Waals surface area contributed by atoms with E-state index in [1.54, 1.807) is 12.1 Å². The minimum atomic E-state index is -5.03. The Bertz CT molecular complexity index is 816. The standard InChI is InChI=1S/C18H15F3N2O2/c1-12-11-17(25,18(19,20)21)23(22-12)16(24)15-9-7-14(8-10-15)13-5-3-2-4-6-13/h2-11,22,25H,1H3. The summed E-state index contributed by atoms with van der Waals surface area (Å²) < 4.78 is 39.6. The van der Waals surface area contributed by atoms with Gasteiger partial charge in [-0.05, 0) is 36.3 Å². The number of aliphatic hydroxyl groups is 1. The molecule has 2 aromatic rings. The van der Waals surface area contributed by atoms with Gasteiger partial charge in [-0.3, -0.25) is 10.2 Å². The van der Waals surface area contributed by atoms with Gasteiger partial charge < -0.3 is 5.11 Å². The molecule has 0 fully saturated rings. The number of nitrogens with one attached hydrogen (secondary N) is 1. The van der Waals surface area contributed by atoms with Crippen LogP contribution in [0.4, 0.5) is 13.2 Å². The zero-order valence-electron chi connectivity index (χ0n) is 13.2. The average Bonchev–Trinajstić information content (AvgIpc) is 2.91. The number of hydrazine groups is 1. The Balaban J connectivity index is 1.89. The van der Waals surface area contributed by atoms with Gasteiger partial charge in [-0.1, -0.05) is 42.5 Å². The highest BCUT2D eigenvalue weighted by Crippen LogP contribution is 2.38. The number of halogens is 3. The van der Waals surface area contributed by atoms with Crippen LogP contribution in [0.3, 0.4) is 0 Å². The van der Waals surface area contributed by atoms with E-state index >= 15 is 0 Å². The van der Waals surface area contributed by atoms with Crippen LogP contribution in [0.5, 0.6) is 0 Å². The van der Waals surface area contributed by atoms with Gasteiger partial charge in [0.15, 0.2) is 0 Å². The third-order valence-corrected chi connectivity index (χ3v) is 3.91. The van der Waals surface area contributed by atoms with E-state index in [4.69, 9.17) is 0 Å². The van der Waals surface area contributed by atoms with Gasteiger partial charge in [-0.2, -0.15) is 13.2 Å². The van der Waals surface area contributed by atoms with Gasteiger partial charge in [0.2, 0.25) is 0 Å². The van der Waals surface area contributed by atoms with Crippen molar-refractivity contribution in [3.63, 3.8) is 0 Å². The van der Waals surface area contributed by atoms with Crippen molar-refractivity contribution < 1.29 is 23.1 Å². The maximum Gasteiger partial charge on any atom is 0.442 e. The Labute approximate surface area is 142 Å². The summed E-state index contributed by atoms with van der Waals surface area (Å²) >= 11 is 0. The van der Waals surface area contributed by atoms with Crippen molar-refractivity contribution in [1.29, 1.82) is 0 Å². The lowest BCUT2D eigenvalue weighted by atomic mass is 10.0. The first-order chi connectivity index (χ1) is 11.7. The second-order valence-corrected chi connectivity index (χ2v) is 5.75. The average molecular weight is 348 g/mol. The first kappa shape index (κ1) is 17.0. The predicted octanol–water partition coefficient (Wildman–Crippen LogP) is 3.47. The number of amides is 1. The molecule has 0 bridgehead atoms. The van der Waals surface area contributed by atoms with E-state index in [2.05, 4.69) is 5.43 Å². The molecule has 0 saturated carbocycles. The van der Waals surface area contributed by atoms with Gasteiger partial charge in [-0.15, -0.1) is 0 Å². The van der Waals surface area contributed by atoms with Gasteiger partial charge in [0.25, 0.3) is 11.6 Å². The number of rotatable bonds is 2. The largest absolute Gasteiger partial charge is 0.442 e. The summed E-state index contributed by atoms with van der Waals surface area (Å²) in [7, 11) is 0. The number of allylic oxidation sites excluding steroid dienone is 1. The zero-order chi connectivity index (χ0) is 18.2. The molecule has 2 N–H and O–H groups in total. The molecule has 130 valence electrons. The smallest absolute Gasteiger partial charge is 0.359 e. The highest BCUT2D eigenvalue weighted by Gasteiger charge is 2.61. The summed E-state index contributed by atoms with van der Waals surface area (Å²) in [5, 5.41) is 10.2. The molecule has 1 unspecified atom stereocenters. The molecule has 1 aliphatic heterocycles. The quantitative estimate of drug-likeness (QED) is 0.874. The third kappa shape index (κ3) is 2.98. The van der Waals surface area contributed by atoms with E-state index in [0.29, 0.717) is 6.08 Å². The molecule has 0 radical (unpaired) electrons. The van der Waals surface area contributed by atoms with Crippen molar-refractivity contribution in [2.24, 2.45) is 0 Å². The monoisotopic (exact) mass is 348 g/mol. The lowest BCUT2D eigenvalue weighted by Gasteiger charge is -2.33. The van der Waals surface area contributed by atoms with Gasteiger partial charge in [0, 0.05) is 11.3 Å². The molecular weight excluding hydrogens is 333 g/mol. The molecule has 3 rings (SSSR count). The Morgan fingerprint density at radius 2 is 1.60 bits per heavy atom. The predicted molar refractivity (Wildman–Crippen MR) is 85.9 cm³/mol. The van der Waals surface area contributed by atoms with Crippen LogP contribution < -0.4 is 5.43 Å². The first-order valence-corrected chi connectivity index (χ1v) is 7.47. The van der Waals surface area contributed by atoms with Crippen LogP contribution in [0, 0.1) is 0 Å². The third-order valence-electron chi connectivity index (χ3n) is 3.91. The minimum absolute atomic E-state index is 0.0259. The molecule has 0 saturated heterocycles. The number of nitrogens with zero attached hydrogens (tertiary/aromatic N) is 1. The second kappa shape index (κ2) is 5.93. The molecule has 25 heavy (non-hydrogen) atoms. The summed E-state index contributed by atoms with van der Waals surface area (Å²) in [6.45, 7) is 1.34. The van der Waals surface area contributed by atoms with E-state index in [1.165, 1.54) is 19.1 Å². The van der Waals surface area contributed by atoms with Crippen molar-refractivity contribution in [2.75, 3.05) is 0 Å². The summed E-state index contributed by atoms with van der Waals surface area (Å²) in [4.78, 5) is 12.5. The van der Waals surface area contributed by atoms with Gasteiger partial charge >= 0.3 is 6.18 Å². The van der Waals surface area contributed by atoms with Crippen LogP contribution in [-0.4, -0.2) is 27.9 Å². The van der Waals surface area contributed by atoms with Gasteiger partial charge in [-0.25, -0.2) is 5.01 Å². The molecule has 1 aliphatic rings. The molecule has 0 spiro atoms. The van der Waals surface area contributed by atoms with Crippen LogP contribution in [-0.2, 0) is 0 Å². The molecule has 4 nitrogen and oxygen atoms in total. The SMILES string of the molecule is CC1=CC(O)(C(F)(F)F)N(C(=O)c2ccc(-c3ccccc3)cc2)N1. The van der Waals surface area contributed by atoms with Crippen LogP contribution in [0.1, 0.15) is 17.3 Å². The van der Waals surface area contributed by atoms with Crippen molar-refractivity contribution >= 4 is 5.91 Å². The number of benzene rings is 2. The van der Waals surface area contributed by atoms with Crippen molar-refractivity contribution in [3.8, 4) is 11.1 Å². The van der Waals surface area contributed by atoms with Crippen LogP contribution >= 0.6 is 0 Å². The lowest BCUT2D eigenvalue weighted by Crippen LogP contribution is -2.60. The highest BCUT2D eigenvalue weighted by molar-refractivity contribution is 5.95. The normalized spacial score (nSPS) is 20.2. The van der Waals surface area contributed by atoms with Crippen molar-refractivity contribution in [2.45, 2.75) is 18.8 Å². The second-order valence-electron chi connectivity index (χ2n) is 5.75. The zero-order valence-corrected chi connectivity index (χ0v) is 13.2. The number of alkyl halides is 3. The van der Waals surface area contributed by atoms with Crippen LogP contribution in [0.2, 0.25) is 0 Å².